The van der Waals surface area contributed by atoms with Crippen LogP contribution in [0.1, 0.15) is 19.4 Å². The summed E-state index contributed by atoms with van der Waals surface area (Å²) in [5.74, 6) is 0. The van der Waals surface area contributed by atoms with Gasteiger partial charge in [-0.2, -0.15) is 13.2 Å². The molecule has 0 radical (unpaired) electrons. The molecule has 1 rings (SSSR count). The van der Waals surface area contributed by atoms with Crippen molar-refractivity contribution in [3.05, 3.63) is 34.9 Å². The molecule has 0 amide bonds. The minimum Gasteiger partial charge on any atom is -0.383 e. The highest BCUT2D eigenvalue weighted by molar-refractivity contribution is 6.30. The van der Waals surface area contributed by atoms with Crippen molar-refractivity contribution in [1.82, 2.24) is 0 Å². The molecule has 0 aliphatic heterocycles. The van der Waals surface area contributed by atoms with Crippen LogP contribution in [-0.2, 0) is 5.41 Å². The second-order valence-electron chi connectivity index (χ2n) is 4.17. The molecular weight excluding hydrogens is 241 g/mol. The largest absolute Gasteiger partial charge is 0.415 e. The van der Waals surface area contributed by atoms with E-state index in [0.29, 0.717) is 10.6 Å². The van der Waals surface area contributed by atoms with E-state index in [4.69, 9.17) is 11.6 Å². The van der Waals surface area contributed by atoms with Crippen molar-refractivity contribution in [2.75, 3.05) is 0 Å². The van der Waals surface area contributed by atoms with Gasteiger partial charge in [0.2, 0.25) is 0 Å². The zero-order valence-corrected chi connectivity index (χ0v) is 9.60. The Morgan fingerprint density at radius 3 is 1.94 bits per heavy atom. The minimum atomic E-state index is -4.64. The zero-order chi connectivity index (χ0) is 12.6. The molecule has 0 aliphatic rings. The summed E-state index contributed by atoms with van der Waals surface area (Å²) in [7, 11) is 0. The summed E-state index contributed by atoms with van der Waals surface area (Å²) in [5, 5.41) is 9.72. The highest BCUT2D eigenvalue weighted by Gasteiger charge is 2.48. The first-order chi connectivity index (χ1) is 7.15. The third-order valence-electron chi connectivity index (χ3n) is 2.58. The number of aliphatic hydroxyl groups excluding tert-OH is 1. The lowest BCUT2D eigenvalue weighted by molar-refractivity contribution is -0.221. The van der Waals surface area contributed by atoms with Crippen LogP contribution in [0, 0.1) is 0 Å². The average Bonchev–Trinajstić information content (AvgIpc) is 2.16. The van der Waals surface area contributed by atoms with Crippen LogP contribution in [0.25, 0.3) is 0 Å². The molecule has 1 N–H and O–H groups in total. The molecule has 5 heteroatoms. The predicted molar refractivity (Wildman–Crippen MR) is 56.5 cm³/mol. The maximum Gasteiger partial charge on any atom is 0.415 e. The van der Waals surface area contributed by atoms with Crippen molar-refractivity contribution in [3.8, 4) is 0 Å². The highest BCUT2D eigenvalue weighted by atomic mass is 35.5. The predicted octanol–water partition coefficient (Wildman–Crippen LogP) is 3.54. The molecule has 0 aliphatic carbocycles. The van der Waals surface area contributed by atoms with Gasteiger partial charge in [0.15, 0.2) is 6.10 Å². The van der Waals surface area contributed by atoms with Gasteiger partial charge in [-0.25, -0.2) is 0 Å². The fourth-order valence-corrected chi connectivity index (χ4v) is 1.57. The molecule has 90 valence electrons. The van der Waals surface area contributed by atoms with Crippen LogP contribution in [0.3, 0.4) is 0 Å². The first kappa shape index (κ1) is 13.3. The van der Waals surface area contributed by atoms with Crippen molar-refractivity contribution in [2.24, 2.45) is 0 Å². The van der Waals surface area contributed by atoms with Gasteiger partial charge in [0, 0.05) is 10.4 Å². The highest BCUT2D eigenvalue weighted by Crippen LogP contribution is 2.36. The van der Waals surface area contributed by atoms with E-state index >= 15 is 0 Å². The molecule has 0 saturated heterocycles. The van der Waals surface area contributed by atoms with E-state index in [1.807, 2.05) is 0 Å². The fraction of sp³-hybridized carbons (Fsp3) is 0.455. The lowest BCUT2D eigenvalue weighted by atomic mass is 9.79. The van der Waals surface area contributed by atoms with Crippen molar-refractivity contribution < 1.29 is 18.3 Å². The second kappa shape index (κ2) is 4.26. The van der Waals surface area contributed by atoms with Crippen LogP contribution in [0.4, 0.5) is 13.2 Å². The summed E-state index contributed by atoms with van der Waals surface area (Å²) in [6.07, 6.45) is -7.04. The lowest BCUT2D eigenvalue weighted by Crippen LogP contribution is -2.44. The molecule has 0 unspecified atom stereocenters. The van der Waals surface area contributed by atoms with E-state index < -0.39 is 17.7 Å². The monoisotopic (exact) mass is 252 g/mol. The zero-order valence-electron chi connectivity index (χ0n) is 8.85. The summed E-state index contributed by atoms with van der Waals surface area (Å²) in [4.78, 5) is 0. The topological polar surface area (TPSA) is 20.2 Å². The Bertz CT molecular complexity index is 356. The third kappa shape index (κ3) is 2.68. The average molecular weight is 253 g/mol. The van der Waals surface area contributed by atoms with E-state index in [9.17, 15) is 18.3 Å². The summed E-state index contributed by atoms with van der Waals surface area (Å²) < 4.78 is 37.3. The number of hydrogen-bond donors (Lipinski definition) is 1. The molecule has 1 nitrogen and oxygen atoms in total. The lowest BCUT2D eigenvalue weighted by Gasteiger charge is -2.32. The Morgan fingerprint density at radius 2 is 1.56 bits per heavy atom. The van der Waals surface area contributed by atoms with Gasteiger partial charge in [-0.15, -0.1) is 0 Å². The van der Waals surface area contributed by atoms with Gasteiger partial charge in [-0.1, -0.05) is 37.6 Å². The van der Waals surface area contributed by atoms with Crippen LogP contribution in [-0.4, -0.2) is 17.4 Å². The van der Waals surface area contributed by atoms with Gasteiger partial charge in [0.1, 0.15) is 0 Å². The molecule has 1 atom stereocenters. The van der Waals surface area contributed by atoms with Crippen molar-refractivity contribution in [2.45, 2.75) is 31.5 Å². The molecule has 0 heterocycles. The minimum absolute atomic E-state index is 0.390. The number of halogens is 4. The van der Waals surface area contributed by atoms with Gasteiger partial charge < -0.3 is 5.11 Å². The van der Waals surface area contributed by atoms with Gasteiger partial charge in [-0.3, -0.25) is 0 Å². The van der Waals surface area contributed by atoms with Crippen LogP contribution in [0.15, 0.2) is 24.3 Å². The van der Waals surface area contributed by atoms with Crippen molar-refractivity contribution in [3.63, 3.8) is 0 Å². The normalized spacial score (nSPS) is 14.9. The van der Waals surface area contributed by atoms with E-state index in [1.54, 1.807) is 0 Å². The molecule has 0 spiro atoms. The van der Waals surface area contributed by atoms with Gasteiger partial charge in [0.25, 0.3) is 0 Å². The summed E-state index contributed by atoms with van der Waals surface area (Å²) in [6, 6.07) is 5.97. The Morgan fingerprint density at radius 1 is 1.12 bits per heavy atom. The maximum absolute atomic E-state index is 12.4. The van der Waals surface area contributed by atoms with Crippen LogP contribution >= 0.6 is 11.6 Å². The Kier molecular flexibility index (Phi) is 3.55. The Balaban J connectivity index is 3.06. The van der Waals surface area contributed by atoms with Crippen LogP contribution in [0.2, 0.25) is 5.02 Å². The van der Waals surface area contributed by atoms with Crippen LogP contribution in [0.5, 0.6) is 0 Å². The molecule has 0 saturated carbocycles. The number of rotatable bonds is 2. The number of hydrogen-bond acceptors (Lipinski definition) is 1. The molecule has 1 aromatic rings. The molecule has 0 aromatic heterocycles. The van der Waals surface area contributed by atoms with Crippen LogP contribution < -0.4 is 0 Å². The molecular formula is C11H12ClF3O. The first-order valence-corrected chi connectivity index (χ1v) is 5.04. The van der Waals surface area contributed by atoms with E-state index in [1.165, 1.54) is 38.1 Å². The van der Waals surface area contributed by atoms with E-state index in [2.05, 4.69) is 0 Å². The fourth-order valence-electron chi connectivity index (χ4n) is 1.45. The van der Waals surface area contributed by atoms with E-state index in [0.717, 1.165) is 0 Å². The molecule has 1 aromatic carbocycles. The van der Waals surface area contributed by atoms with E-state index in [-0.39, 0.29) is 0 Å². The third-order valence-corrected chi connectivity index (χ3v) is 2.83. The smallest absolute Gasteiger partial charge is 0.383 e. The number of aliphatic hydroxyl groups is 1. The summed E-state index contributed by atoms with van der Waals surface area (Å²) in [5.41, 5.74) is -1.01. The Hall–Kier alpha value is -0.740. The SMILES string of the molecule is CC(C)(c1ccc(Cl)cc1)[C@@H](O)C(F)(F)F. The summed E-state index contributed by atoms with van der Waals surface area (Å²) in [6.45, 7) is 2.68. The number of alkyl halides is 3. The quantitative estimate of drug-likeness (QED) is 0.854. The molecule has 16 heavy (non-hydrogen) atoms. The Labute approximate surface area is 96.9 Å². The van der Waals surface area contributed by atoms with Gasteiger partial charge in [-0.05, 0) is 17.7 Å². The number of benzene rings is 1. The summed E-state index contributed by atoms with van der Waals surface area (Å²) >= 11 is 5.65. The molecule has 0 bridgehead atoms. The van der Waals surface area contributed by atoms with Gasteiger partial charge in [0.05, 0.1) is 0 Å². The second-order valence-corrected chi connectivity index (χ2v) is 4.61. The maximum atomic E-state index is 12.4. The standard InChI is InChI=1S/C11H12ClF3O/c1-10(2,9(16)11(13,14)15)7-3-5-8(12)6-4-7/h3-6,9,16H,1-2H3/t9-/m1/s1. The van der Waals surface area contributed by atoms with Crippen molar-refractivity contribution in [1.29, 1.82) is 0 Å². The van der Waals surface area contributed by atoms with Gasteiger partial charge >= 0.3 is 6.18 Å². The first-order valence-electron chi connectivity index (χ1n) is 4.66. The molecule has 0 fully saturated rings. The van der Waals surface area contributed by atoms with Crippen molar-refractivity contribution >= 4 is 11.6 Å².